The molecule has 0 amide bonds. The Balaban J connectivity index is 1.38. The third-order valence-electron chi connectivity index (χ3n) is 6.46. The van der Waals surface area contributed by atoms with Gasteiger partial charge in [0.1, 0.15) is 5.82 Å². The second kappa shape index (κ2) is 12.1. The van der Waals surface area contributed by atoms with Gasteiger partial charge in [0.2, 0.25) is 0 Å². The highest BCUT2D eigenvalue weighted by molar-refractivity contribution is 5.72. The van der Waals surface area contributed by atoms with Crippen LogP contribution in [0.1, 0.15) is 54.0 Å². The van der Waals surface area contributed by atoms with Crippen LogP contribution in [0.25, 0.3) is 23.3 Å². The van der Waals surface area contributed by atoms with Crippen LogP contribution in [0.5, 0.6) is 0 Å². The van der Waals surface area contributed by atoms with Crippen LogP contribution >= 0.6 is 0 Å². The predicted octanol–water partition coefficient (Wildman–Crippen LogP) is 9.52. The van der Waals surface area contributed by atoms with Crippen LogP contribution in [0.2, 0.25) is 0 Å². The molecule has 0 spiro atoms. The zero-order valence-corrected chi connectivity index (χ0v) is 20.6. The summed E-state index contributed by atoms with van der Waals surface area (Å²) in [4.78, 5) is 0. The summed E-state index contributed by atoms with van der Waals surface area (Å²) in [6, 6.07) is 33.2. The van der Waals surface area contributed by atoms with Crippen molar-refractivity contribution < 1.29 is 4.39 Å². The van der Waals surface area contributed by atoms with Crippen LogP contribution in [0.15, 0.2) is 109 Å². The molecule has 0 radical (unpaired) electrons. The van der Waals surface area contributed by atoms with Crippen molar-refractivity contribution in [3.63, 3.8) is 0 Å². The van der Waals surface area contributed by atoms with Crippen molar-refractivity contribution in [1.29, 1.82) is 0 Å². The Labute approximate surface area is 209 Å². The molecule has 1 atom stereocenters. The predicted molar refractivity (Wildman–Crippen MR) is 149 cm³/mol. The average Bonchev–Trinajstić information content (AvgIpc) is 2.90. The summed E-state index contributed by atoms with van der Waals surface area (Å²) in [5.74, 6) is 0.176. The van der Waals surface area contributed by atoms with E-state index in [2.05, 4.69) is 98.8 Å². The molecule has 4 aromatic rings. The average molecular weight is 461 g/mol. The summed E-state index contributed by atoms with van der Waals surface area (Å²) in [6.45, 7) is 4.24. The zero-order valence-electron chi connectivity index (χ0n) is 20.6. The van der Waals surface area contributed by atoms with Gasteiger partial charge in [0.05, 0.1) is 0 Å². The summed E-state index contributed by atoms with van der Waals surface area (Å²) in [5, 5.41) is 0. The van der Waals surface area contributed by atoms with Gasteiger partial charge in [-0.05, 0) is 71.6 Å². The van der Waals surface area contributed by atoms with Gasteiger partial charge in [-0.1, -0.05) is 122 Å². The third kappa shape index (κ3) is 6.90. The highest BCUT2D eigenvalue weighted by Crippen LogP contribution is 2.24. The summed E-state index contributed by atoms with van der Waals surface area (Å²) >= 11 is 0. The topological polar surface area (TPSA) is 0 Å². The molecule has 1 unspecified atom stereocenters. The molecule has 0 saturated carbocycles. The lowest BCUT2D eigenvalue weighted by molar-refractivity contribution is 0.620. The molecule has 0 fully saturated rings. The number of benzene rings is 4. The molecule has 4 rings (SSSR count). The molecule has 35 heavy (non-hydrogen) atoms. The van der Waals surface area contributed by atoms with Gasteiger partial charge in [0.25, 0.3) is 0 Å². The van der Waals surface area contributed by atoms with E-state index < -0.39 is 0 Å². The molecule has 0 N–H and O–H groups in total. The fourth-order valence-corrected chi connectivity index (χ4v) is 4.34. The summed E-state index contributed by atoms with van der Waals surface area (Å²) < 4.78 is 14.8. The van der Waals surface area contributed by atoms with E-state index in [4.69, 9.17) is 0 Å². The van der Waals surface area contributed by atoms with Gasteiger partial charge < -0.3 is 0 Å². The molecule has 4 aromatic carbocycles. The van der Waals surface area contributed by atoms with Gasteiger partial charge in [-0.25, -0.2) is 4.39 Å². The van der Waals surface area contributed by atoms with Crippen molar-refractivity contribution in [3.05, 3.63) is 143 Å². The first kappa shape index (κ1) is 24.4. The molecule has 0 aliphatic carbocycles. The first-order valence-electron chi connectivity index (χ1n) is 12.4. The lowest BCUT2D eigenvalue weighted by Crippen LogP contribution is -1.99. The Bertz CT molecular complexity index is 1260. The number of halogens is 1. The van der Waals surface area contributed by atoms with E-state index in [1.807, 2.05) is 30.4 Å². The molecule has 0 aliphatic heterocycles. The number of hydrogen-bond donors (Lipinski definition) is 0. The maximum atomic E-state index is 14.8. The molecule has 176 valence electrons. The smallest absolute Gasteiger partial charge is 0.130 e. The SMILES string of the molecule is C/C=C/CCc1ccc(-c2ccc(/C=C/c3ccc(CC(C)c4ccccc4)cc3F)cc2)cc1. The van der Waals surface area contributed by atoms with Gasteiger partial charge >= 0.3 is 0 Å². The Morgan fingerprint density at radius 1 is 0.743 bits per heavy atom. The van der Waals surface area contributed by atoms with Crippen LogP contribution in [0, 0.1) is 5.82 Å². The van der Waals surface area contributed by atoms with E-state index in [9.17, 15) is 4.39 Å². The molecule has 0 nitrogen and oxygen atoms in total. The normalized spacial score (nSPS) is 12.4. The number of allylic oxidation sites excluding steroid dienone is 2. The van der Waals surface area contributed by atoms with E-state index >= 15 is 0 Å². The van der Waals surface area contributed by atoms with Crippen molar-refractivity contribution in [1.82, 2.24) is 0 Å². The molecular weight excluding hydrogens is 427 g/mol. The first-order valence-corrected chi connectivity index (χ1v) is 12.4. The minimum absolute atomic E-state index is 0.176. The maximum Gasteiger partial charge on any atom is 0.130 e. The van der Waals surface area contributed by atoms with E-state index in [1.54, 1.807) is 6.07 Å². The van der Waals surface area contributed by atoms with E-state index in [0.717, 1.165) is 30.4 Å². The molecule has 1 heteroatoms. The Kier molecular flexibility index (Phi) is 8.46. The van der Waals surface area contributed by atoms with Crippen molar-refractivity contribution in [3.8, 4) is 11.1 Å². The molecular formula is C34H33F. The Morgan fingerprint density at radius 2 is 1.40 bits per heavy atom. The van der Waals surface area contributed by atoms with E-state index in [1.165, 1.54) is 22.3 Å². The Morgan fingerprint density at radius 3 is 2.06 bits per heavy atom. The van der Waals surface area contributed by atoms with Gasteiger partial charge in [0, 0.05) is 5.56 Å². The summed E-state index contributed by atoms with van der Waals surface area (Å²) in [7, 11) is 0. The first-order chi connectivity index (χ1) is 17.1. The monoisotopic (exact) mass is 460 g/mol. The molecule has 0 heterocycles. The highest BCUT2D eigenvalue weighted by Gasteiger charge is 2.08. The van der Waals surface area contributed by atoms with Crippen molar-refractivity contribution in [2.75, 3.05) is 0 Å². The maximum absolute atomic E-state index is 14.8. The largest absolute Gasteiger partial charge is 0.206 e. The highest BCUT2D eigenvalue weighted by atomic mass is 19.1. The summed E-state index contributed by atoms with van der Waals surface area (Å²) in [6.07, 6.45) is 11.1. The van der Waals surface area contributed by atoms with Crippen molar-refractivity contribution in [2.24, 2.45) is 0 Å². The third-order valence-corrected chi connectivity index (χ3v) is 6.46. The second-order valence-corrected chi connectivity index (χ2v) is 9.13. The van der Waals surface area contributed by atoms with E-state index in [-0.39, 0.29) is 5.82 Å². The number of aryl methyl sites for hydroxylation is 1. The lowest BCUT2D eigenvalue weighted by atomic mass is 9.93. The van der Waals surface area contributed by atoms with Gasteiger partial charge in [-0.15, -0.1) is 0 Å². The quantitative estimate of drug-likeness (QED) is 0.172. The van der Waals surface area contributed by atoms with Gasteiger partial charge in [0.15, 0.2) is 0 Å². The van der Waals surface area contributed by atoms with Crippen LogP contribution in [0.4, 0.5) is 4.39 Å². The van der Waals surface area contributed by atoms with E-state index in [0.29, 0.717) is 11.5 Å². The second-order valence-electron chi connectivity index (χ2n) is 9.13. The fraction of sp³-hybridized carbons (Fsp3) is 0.176. The van der Waals surface area contributed by atoms with Crippen LogP contribution in [-0.4, -0.2) is 0 Å². The van der Waals surface area contributed by atoms with Gasteiger partial charge in [-0.2, -0.15) is 0 Å². The molecule has 0 bridgehead atoms. The standard InChI is InChI=1S/C34H33F/c1-3-4-6-9-27-12-18-31(19-13-27)32-20-14-28(15-21-32)16-22-33-23-17-29(25-34(33)35)24-26(2)30-10-7-5-8-11-30/h3-5,7-8,10-23,25-26H,6,9,24H2,1-2H3/b4-3+,22-16+. The molecule has 0 saturated heterocycles. The van der Waals surface area contributed by atoms with Crippen LogP contribution in [0.3, 0.4) is 0 Å². The van der Waals surface area contributed by atoms with Crippen LogP contribution < -0.4 is 0 Å². The van der Waals surface area contributed by atoms with Crippen LogP contribution in [-0.2, 0) is 12.8 Å². The summed E-state index contributed by atoms with van der Waals surface area (Å²) in [5.41, 5.74) is 7.71. The minimum Gasteiger partial charge on any atom is -0.206 e. The van der Waals surface area contributed by atoms with Gasteiger partial charge in [-0.3, -0.25) is 0 Å². The lowest BCUT2D eigenvalue weighted by Gasteiger charge is -2.12. The Hall–Kier alpha value is -3.71. The molecule has 0 aromatic heterocycles. The molecule has 0 aliphatic rings. The van der Waals surface area contributed by atoms with Crippen molar-refractivity contribution in [2.45, 2.75) is 39.0 Å². The zero-order chi connectivity index (χ0) is 24.5. The fourth-order valence-electron chi connectivity index (χ4n) is 4.34. The number of hydrogen-bond acceptors (Lipinski definition) is 0. The minimum atomic E-state index is -0.176. The van der Waals surface area contributed by atoms with Crippen molar-refractivity contribution >= 4 is 12.2 Å². The number of rotatable bonds is 9.